The molecule has 1 aromatic carbocycles. The SMILES string of the molecule is CCc1ccc(C(C)(C)C(=O)N2C3CCNCC2CC3)cc1.Cl. The van der Waals surface area contributed by atoms with E-state index in [0.29, 0.717) is 18.0 Å². The van der Waals surface area contributed by atoms with Gasteiger partial charge in [-0.1, -0.05) is 31.2 Å². The molecule has 2 saturated heterocycles. The predicted molar refractivity (Wildman–Crippen MR) is 97.2 cm³/mol. The van der Waals surface area contributed by atoms with Gasteiger partial charge in [0.25, 0.3) is 0 Å². The number of nitrogens with zero attached hydrogens (tertiary/aromatic N) is 1. The average Bonchev–Trinajstić information content (AvgIpc) is 2.79. The minimum Gasteiger partial charge on any atom is -0.335 e. The summed E-state index contributed by atoms with van der Waals surface area (Å²) >= 11 is 0. The zero-order valence-electron chi connectivity index (χ0n) is 14.5. The van der Waals surface area contributed by atoms with Crippen LogP contribution in [0.5, 0.6) is 0 Å². The van der Waals surface area contributed by atoms with Crippen LogP contribution in [0.25, 0.3) is 0 Å². The third kappa shape index (κ3) is 3.41. The van der Waals surface area contributed by atoms with Crippen molar-refractivity contribution in [3.05, 3.63) is 35.4 Å². The lowest BCUT2D eigenvalue weighted by molar-refractivity contribution is -0.139. The first-order valence-electron chi connectivity index (χ1n) is 8.67. The Morgan fingerprint density at radius 3 is 2.48 bits per heavy atom. The molecule has 1 N–H and O–H groups in total. The van der Waals surface area contributed by atoms with Crippen LogP contribution >= 0.6 is 12.4 Å². The predicted octanol–water partition coefficient (Wildman–Crippen LogP) is 3.30. The third-order valence-corrected chi connectivity index (χ3v) is 5.51. The number of carbonyl (C=O) groups is 1. The van der Waals surface area contributed by atoms with E-state index in [1.54, 1.807) is 0 Å². The number of hydrogen-bond donors (Lipinski definition) is 1. The number of carbonyl (C=O) groups excluding carboxylic acids is 1. The maximum absolute atomic E-state index is 13.3. The smallest absolute Gasteiger partial charge is 0.233 e. The van der Waals surface area contributed by atoms with E-state index in [2.05, 4.69) is 55.3 Å². The number of hydrogen-bond acceptors (Lipinski definition) is 2. The van der Waals surface area contributed by atoms with Crippen LogP contribution in [0.4, 0.5) is 0 Å². The molecule has 4 heteroatoms. The van der Waals surface area contributed by atoms with Gasteiger partial charge in [0.2, 0.25) is 5.91 Å². The molecule has 0 radical (unpaired) electrons. The summed E-state index contributed by atoms with van der Waals surface area (Å²) in [4.78, 5) is 15.5. The van der Waals surface area contributed by atoms with Crippen LogP contribution in [0.3, 0.4) is 0 Å². The van der Waals surface area contributed by atoms with Crippen LogP contribution in [0.1, 0.15) is 51.2 Å². The lowest BCUT2D eigenvalue weighted by Crippen LogP contribution is -2.50. The third-order valence-electron chi connectivity index (χ3n) is 5.51. The fourth-order valence-electron chi connectivity index (χ4n) is 3.92. The molecule has 2 aliphatic heterocycles. The van der Waals surface area contributed by atoms with Crippen molar-refractivity contribution in [1.29, 1.82) is 0 Å². The standard InChI is InChI=1S/C19H28N2O.ClH/c1-4-14-5-7-15(8-6-14)19(2,3)18(22)21-16-9-10-17(21)13-20-12-11-16;/h5-8,16-17,20H,4,9-13H2,1-3H3;1H. The molecule has 3 nitrogen and oxygen atoms in total. The normalized spacial score (nSPS) is 24.0. The van der Waals surface area contributed by atoms with Crippen LogP contribution in [-0.2, 0) is 16.6 Å². The Balaban J connectivity index is 0.00000192. The minimum absolute atomic E-state index is 0. The van der Waals surface area contributed by atoms with Crippen molar-refractivity contribution in [3.8, 4) is 0 Å². The van der Waals surface area contributed by atoms with Crippen molar-refractivity contribution < 1.29 is 4.79 Å². The van der Waals surface area contributed by atoms with E-state index >= 15 is 0 Å². The van der Waals surface area contributed by atoms with Crippen molar-refractivity contribution in [3.63, 3.8) is 0 Å². The Morgan fingerprint density at radius 2 is 1.83 bits per heavy atom. The van der Waals surface area contributed by atoms with E-state index in [1.807, 2.05) is 0 Å². The van der Waals surface area contributed by atoms with Crippen molar-refractivity contribution in [2.24, 2.45) is 0 Å². The Bertz CT molecular complexity index is 527. The molecule has 0 spiro atoms. The Kier molecular flexibility index (Phi) is 5.74. The number of halogens is 1. The van der Waals surface area contributed by atoms with Crippen molar-refractivity contribution in [2.75, 3.05) is 13.1 Å². The van der Waals surface area contributed by atoms with E-state index in [4.69, 9.17) is 0 Å². The maximum atomic E-state index is 13.3. The topological polar surface area (TPSA) is 32.3 Å². The molecule has 2 aliphatic rings. The zero-order chi connectivity index (χ0) is 15.7. The maximum Gasteiger partial charge on any atom is 0.233 e. The van der Waals surface area contributed by atoms with Crippen LogP contribution < -0.4 is 5.32 Å². The molecule has 2 bridgehead atoms. The molecule has 0 saturated carbocycles. The minimum atomic E-state index is -0.447. The fraction of sp³-hybridized carbons (Fsp3) is 0.632. The lowest BCUT2D eigenvalue weighted by Gasteiger charge is -2.36. The summed E-state index contributed by atoms with van der Waals surface area (Å²) in [6.07, 6.45) is 4.45. The number of aryl methyl sites for hydroxylation is 1. The second kappa shape index (κ2) is 7.23. The molecule has 0 aromatic heterocycles. The molecule has 128 valence electrons. The van der Waals surface area contributed by atoms with Gasteiger partial charge in [0.1, 0.15) is 0 Å². The number of amides is 1. The number of nitrogens with one attached hydrogen (secondary N) is 1. The van der Waals surface area contributed by atoms with Gasteiger partial charge in [0.15, 0.2) is 0 Å². The molecular weight excluding hydrogens is 308 g/mol. The molecule has 2 fully saturated rings. The van der Waals surface area contributed by atoms with E-state index in [-0.39, 0.29) is 12.4 Å². The van der Waals surface area contributed by atoms with Gasteiger partial charge in [-0.25, -0.2) is 0 Å². The highest BCUT2D eigenvalue weighted by Gasteiger charge is 2.43. The largest absolute Gasteiger partial charge is 0.335 e. The molecular formula is C19H29ClN2O. The zero-order valence-corrected chi connectivity index (χ0v) is 15.3. The monoisotopic (exact) mass is 336 g/mol. The molecule has 2 heterocycles. The van der Waals surface area contributed by atoms with Gasteiger partial charge in [-0.2, -0.15) is 0 Å². The van der Waals surface area contributed by atoms with Crippen molar-refractivity contribution in [1.82, 2.24) is 10.2 Å². The Morgan fingerprint density at radius 1 is 1.17 bits per heavy atom. The summed E-state index contributed by atoms with van der Waals surface area (Å²) < 4.78 is 0. The summed E-state index contributed by atoms with van der Waals surface area (Å²) in [5, 5.41) is 3.48. The number of rotatable bonds is 3. The van der Waals surface area contributed by atoms with Crippen LogP contribution in [0.2, 0.25) is 0 Å². The van der Waals surface area contributed by atoms with Gasteiger partial charge in [-0.05, 0) is 57.2 Å². The van der Waals surface area contributed by atoms with Crippen LogP contribution in [0.15, 0.2) is 24.3 Å². The second-order valence-electron chi connectivity index (χ2n) is 7.27. The van der Waals surface area contributed by atoms with E-state index in [0.717, 1.165) is 37.9 Å². The Labute approximate surface area is 146 Å². The van der Waals surface area contributed by atoms with E-state index in [9.17, 15) is 4.79 Å². The van der Waals surface area contributed by atoms with Gasteiger partial charge in [0.05, 0.1) is 5.41 Å². The highest BCUT2D eigenvalue weighted by molar-refractivity contribution is 5.88. The molecule has 3 rings (SSSR count). The van der Waals surface area contributed by atoms with Crippen LogP contribution in [-0.4, -0.2) is 36.0 Å². The highest BCUT2D eigenvalue weighted by atomic mass is 35.5. The molecule has 1 amide bonds. The molecule has 2 atom stereocenters. The summed E-state index contributed by atoms with van der Waals surface area (Å²) in [5.41, 5.74) is 2.01. The first-order chi connectivity index (χ1) is 10.5. The summed E-state index contributed by atoms with van der Waals surface area (Å²) in [6, 6.07) is 9.39. The van der Waals surface area contributed by atoms with Crippen LogP contribution in [0, 0.1) is 0 Å². The van der Waals surface area contributed by atoms with E-state index < -0.39 is 5.41 Å². The summed E-state index contributed by atoms with van der Waals surface area (Å²) in [6.45, 7) is 8.30. The summed E-state index contributed by atoms with van der Waals surface area (Å²) in [5.74, 6) is 0.299. The molecule has 0 aliphatic carbocycles. The molecule has 2 unspecified atom stereocenters. The fourth-order valence-corrected chi connectivity index (χ4v) is 3.92. The first-order valence-corrected chi connectivity index (χ1v) is 8.67. The van der Waals surface area contributed by atoms with Gasteiger partial charge < -0.3 is 10.2 Å². The number of fused-ring (bicyclic) bond motifs is 2. The molecule has 23 heavy (non-hydrogen) atoms. The van der Waals surface area contributed by atoms with Gasteiger partial charge >= 0.3 is 0 Å². The second-order valence-corrected chi connectivity index (χ2v) is 7.27. The highest BCUT2D eigenvalue weighted by Crippen LogP contribution is 2.34. The first kappa shape index (κ1) is 18.3. The number of benzene rings is 1. The van der Waals surface area contributed by atoms with Gasteiger partial charge in [-0.15, -0.1) is 12.4 Å². The van der Waals surface area contributed by atoms with Gasteiger partial charge in [-0.3, -0.25) is 4.79 Å². The van der Waals surface area contributed by atoms with Crippen molar-refractivity contribution in [2.45, 2.75) is 64.0 Å². The average molecular weight is 337 g/mol. The van der Waals surface area contributed by atoms with Crippen molar-refractivity contribution >= 4 is 18.3 Å². The van der Waals surface area contributed by atoms with E-state index in [1.165, 1.54) is 12.0 Å². The quantitative estimate of drug-likeness (QED) is 0.918. The summed E-state index contributed by atoms with van der Waals surface area (Å²) in [7, 11) is 0. The lowest BCUT2D eigenvalue weighted by atomic mass is 9.82. The molecule has 1 aromatic rings. The van der Waals surface area contributed by atoms with Gasteiger partial charge in [0, 0.05) is 18.6 Å². The Hall–Kier alpha value is -1.06.